The van der Waals surface area contributed by atoms with E-state index >= 15 is 0 Å². The summed E-state index contributed by atoms with van der Waals surface area (Å²) in [7, 11) is 0. The molecule has 5 rings (SSSR count). The number of anilines is 1. The third-order valence-electron chi connectivity index (χ3n) is 7.29. The van der Waals surface area contributed by atoms with E-state index in [9.17, 15) is 9.59 Å². The maximum Gasteiger partial charge on any atom is 0.338 e. The molecule has 0 aliphatic heterocycles. The smallest absolute Gasteiger partial charge is 0.338 e. The number of aromatic nitrogens is 2. The molecule has 0 bridgehead atoms. The van der Waals surface area contributed by atoms with Gasteiger partial charge in [0.1, 0.15) is 5.60 Å². The molecule has 0 saturated heterocycles. The van der Waals surface area contributed by atoms with Gasteiger partial charge in [0.05, 0.1) is 22.8 Å². The van der Waals surface area contributed by atoms with Crippen LogP contribution in [0.3, 0.4) is 0 Å². The van der Waals surface area contributed by atoms with E-state index in [-0.39, 0.29) is 17.4 Å². The van der Waals surface area contributed by atoms with E-state index in [1.54, 1.807) is 30.7 Å². The summed E-state index contributed by atoms with van der Waals surface area (Å²) in [5.41, 5.74) is 3.50. The SMILES string of the molecule is CC(c1ccccc1)[C@H](NC1(c2ccccn2)CC1)C(=O)Nc1cc(C(=O)OC(C)(C)C)cc(-c2ccncc2)c1. The van der Waals surface area contributed by atoms with Crippen molar-refractivity contribution in [1.82, 2.24) is 15.3 Å². The number of pyridine rings is 2. The number of carbonyl (C=O) groups is 2. The van der Waals surface area contributed by atoms with Gasteiger partial charge in [-0.05, 0) is 92.8 Å². The number of nitrogens with zero attached hydrogens (tertiary/aromatic N) is 2. The molecule has 1 fully saturated rings. The first kappa shape index (κ1) is 28.2. The van der Waals surface area contributed by atoms with Gasteiger partial charge in [-0.25, -0.2) is 4.79 Å². The second kappa shape index (κ2) is 11.6. The normalized spacial score (nSPS) is 15.4. The number of carbonyl (C=O) groups excluding carboxylic acids is 2. The van der Waals surface area contributed by atoms with Crippen LogP contribution in [-0.2, 0) is 15.1 Å². The lowest BCUT2D eigenvalue weighted by Gasteiger charge is -2.29. The molecule has 1 aliphatic carbocycles. The van der Waals surface area contributed by atoms with Crippen LogP contribution >= 0.6 is 0 Å². The van der Waals surface area contributed by atoms with Crippen LogP contribution in [0.25, 0.3) is 11.1 Å². The topological polar surface area (TPSA) is 93.2 Å². The van der Waals surface area contributed by atoms with Gasteiger partial charge < -0.3 is 10.1 Å². The average Bonchev–Trinajstić information content (AvgIpc) is 3.77. The summed E-state index contributed by atoms with van der Waals surface area (Å²) in [6, 6.07) is 24.4. The molecule has 0 radical (unpaired) electrons. The Kier molecular flexibility index (Phi) is 7.99. The highest BCUT2D eigenvalue weighted by Crippen LogP contribution is 2.45. The second-order valence-electron chi connectivity index (χ2n) is 11.6. The van der Waals surface area contributed by atoms with Crippen molar-refractivity contribution in [3.63, 3.8) is 0 Å². The van der Waals surface area contributed by atoms with E-state index in [1.165, 1.54) is 0 Å². The summed E-state index contributed by atoms with van der Waals surface area (Å²) >= 11 is 0. The zero-order valence-corrected chi connectivity index (χ0v) is 23.9. The van der Waals surface area contributed by atoms with Gasteiger partial charge in [0.2, 0.25) is 5.91 Å². The molecular formula is C34H36N4O3. The van der Waals surface area contributed by atoms with Crippen LogP contribution in [0, 0.1) is 0 Å². The number of rotatable bonds is 9. The minimum Gasteiger partial charge on any atom is -0.456 e. The molecule has 2 aromatic carbocycles. The Morgan fingerprint density at radius 1 is 0.878 bits per heavy atom. The second-order valence-corrected chi connectivity index (χ2v) is 11.6. The van der Waals surface area contributed by atoms with Crippen LogP contribution in [0.4, 0.5) is 5.69 Å². The van der Waals surface area contributed by atoms with Gasteiger partial charge in [-0.1, -0.05) is 43.3 Å². The first-order chi connectivity index (χ1) is 19.6. The Balaban J connectivity index is 1.49. The molecule has 4 aromatic rings. The number of amides is 1. The monoisotopic (exact) mass is 548 g/mol. The largest absolute Gasteiger partial charge is 0.456 e. The molecule has 1 unspecified atom stereocenters. The van der Waals surface area contributed by atoms with E-state index in [1.807, 2.05) is 87.5 Å². The Labute approximate surface area is 241 Å². The molecule has 7 heteroatoms. The van der Waals surface area contributed by atoms with Gasteiger partial charge in [0.25, 0.3) is 0 Å². The maximum atomic E-state index is 14.1. The molecule has 2 aromatic heterocycles. The standard InChI is InChI=1S/C34H36N4O3/c1-23(24-10-6-5-7-11-24)30(38-34(15-16-34)29-12-8-9-17-36-29)31(39)37-28-21-26(25-13-18-35-19-14-25)20-27(22-28)32(40)41-33(2,3)4/h5-14,17-23,30,38H,15-16H2,1-4H3,(H,37,39)/t23?,30-/m0/s1. The molecule has 2 heterocycles. The minimum atomic E-state index is -0.655. The van der Waals surface area contributed by atoms with Crippen LogP contribution < -0.4 is 10.6 Å². The Morgan fingerprint density at radius 3 is 2.22 bits per heavy atom. The highest BCUT2D eigenvalue weighted by Gasteiger charge is 2.48. The zero-order chi connectivity index (χ0) is 29.0. The van der Waals surface area contributed by atoms with Gasteiger partial charge in [0, 0.05) is 30.2 Å². The first-order valence-corrected chi connectivity index (χ1v) is 14.0. The number of ether oxygens (including phenoxy) is 1. The van der Waals surface area contributed by atoms with Crippen molar-refractivity contribution in [2.75, 3.05) is 5.32 Å². The van der Waals surface area contributed by atoms with Crippen LogP contribution in [0.2, 0.25) is 0 Å². The van der Waals surface area contributed by atoms with Crippen molar-refractivity contribution in [3.8, 4) is 11.1 Å². The van der Waals surface area contributed by atoms with Gasteiger partial charge in [-0.15, -0.1) is 0 Å². The average molecular weight is 549 g/mol. The summed E-state index contributed by atoms with van der Waals surface area (Å²) in [5, 5.41) is 6.80. The lowest BCUT2D eigenvalue weighted by Crippen LogP contribution is -2.49. The number of hydrogen-bond donors (Lipinski definition) is 2. The van der Waals surface area contributed by atoms with Crippen molar-refractivity contribution >= 4 is 17.6 Å². The van der Waals surface area contributed by atoms with E-state index in [0.717, 1.165) is 35.2 Å². The highest BCUT2D eigenvalue weighted by molar-refractivity contribution is 5.99. The van der Waals surface area contributed by atoms with Crippen LogP contribution in [-0.4, -0.2) is 33.5 Å². The molecule has 2 atom stereocenters. The van der Waals surface area contributed by atoms with Crippen molar-refractivity contribution in [3.05, 3.63) is 114 Å². The fourth-order valence-corrected chi connectivity index (χ4v) is 5.00. The van der Waals surface area contributed by atoms with Gasteiger partial charge >= 0.3 is 5.97 Å². The first-order valence-electron chi connectivity index (χ1n) is 14.0. The Morgan fingerprint density at radius 2 is 1.59 bits per heavy atom. The number of nitrogens with one attached hydrogen (secondary N) is 2. The van der Waals surface area contributed by atoms with E-state index in [2.05, 4.69) is 27.5 Å². The minimum absolute atomic E-state index is 0.133. The zero-order valence-electron chi connectivity index (χ0n) is 23.9. The molecule has 1 amide bonds. The molecule has 2 N–H and O–H groups in total. The molecule has 1 aliphatic rings. The molecule has 0 spiro atoms. The van der Waals surface area contributed by atoms with Crippen LogP contribution in [0.5, 0.6) is 0 Å². The van der Waals surface area contributed by atoms with Gasteiger partial charge in [-0.2, -0.15) is 0 Å². The predicted molar refractivity (Wildman–Crippen MR) is 160 cm³/mol. The van der Waals surface area contributed by atoms with Crippen molar-refractivity contribution in [2.24, 2.45) is 0 Å². The Bertz CT molecular complexity index is 1500. The van der Waals surface area contributed by atoms with Crippen LogP contribution in [0.15, 0.2) is 97.5 Å². The van der Waals surface area contributed by atoms with E-state index < -0.39 is 17.6 Å². The third kappa shape index (κ3) is 6.87. The van der Waals surface area contributed by atoms with Crippen molar-refractivity contribution in [1.29, 1.82) is 0 Å². The Hall–Kier alpha value is -4.36. The van der Waals surface area contributed by atoms with Gasteiger partial charge in [-0.3, -0.25) is 20.1 Å². The summed E-state index contributed by atoms with van der Waals surface area (Å²) in [6.45, 7) is 7.55. The molecule has 210 valence electrons. The molecular weight excluding hydrogens is 512 g/mol. The molecule has 7 nitrogen and oxygen atoms in total. The number of esters is 1. The third-order valence-corrected chi connectivity index (χ3v) is 7.29. The van der Waals surface area contributed by atoms with Crippen LogP contribution in [0.1, 0.15) is 68.1 Å². The van der Waals surface area contributed by atoms with E-state index in [0.29, 0.717) is 11.3 Å². The maximum absolute atomic E-state index is 14.1. The predicted octanol–water partition coefficient (Wildman–Crippen LogP) is 6.49. The summed E-state index contributed by atoms with van der Waals surface area (Å²) < 4.78 is 5.66. The van der Waals surface area contributed by atoms with Gasteiger partial charge in [0.15, 0.2) is 0 Å². The lowest BCUT2D eigenvalue weighted by molar-refractivity contribution is -0.119. The fraction of sp³-hybridized carbons (Fsp3) is 0.294. The fourth-order valence-electron chi connectivity index (χ4n) is 5.00. The summed E-state index contributed by atoms with van der Waals surface area (Å²) in [5.74, 6) is -0.778. The van der Waals surface area contributed by atoms with Crippen molar-refractivity contribution < 1.29 is 14.3 Å². The quantitative estimate of drug-likeness (QED) is 0.232. The summed E-state index contributed by atoms with van der Waals surface area (Å²) in [6.07, 6.45) is 6.98. The summed E-state index contributed by atoms with van der Waals surface area (Å²) in [4.78, 5) is 35.9. The molecule has 41 heavy (non-hydrogen) atoms. The molecule has 1 saturated carbocycles. The van der Waals surface area contributed by atoms with E-state index in [4.69, 9.17) is 4.74 Å². The van der Waals surface area contributed by atoms with Crippen molar-refractivity contribution in [2.45, 2.75) is 63.6 Å². The number of benzene rings is 2. The number of hydrogen-bond acceptors (Lipinski definition) is 6. The lowest BCUT2D eigenvalue weighted by atomic mass is 9.91. The highest BCUT2D eigenvalue weighted by atomic mass is 16.6.